The van der Waals surface area contributed by atoms with Crippen LogP contribution in [0.15, 0.2) is 42.5 Å². The molecule has 1 heterocycles. The second-order valence-corrected chi connectivity index (χ2v) is 11.4. The van der Waals surface area contributed by atoms with Crippen molar-refractivity contribution < 1.29 is 18.7 Å². The number of fused-ring (bicyclic) bond motifs is 2. The average Bonchev–Trinajstić information content (AvgIpc) is 3.25. The zero-order valence-corrected chi connectivity index (χ0v) is 25.0. The number of thiazole rings is 1. The molecule has 0 aliphatic heterocycles. The highest BCUT2D eigenvalue weighted by molar-refractivity contribution is 7.18. The van der Waals surface area contributed by atoms with E-state index in [1.165, 1.54) is 22.9 Å². The number of rotatable bonds is 11. The molecule has 9 heteroatoms. The molecule has 0 N–H and O–H groups in total. The molecule has 2 aromatic carbocycles. The first kappa shape index (κ1) is 32.4. The molecule has 0 saturated heterocycles. The monoisotopic (exact) mass is 584 g/mol. The molecule has 1 aromatic heterocycles. The molecule has 0 spiro atoms. The number of benzene rings is 2. The second kappa shape index (κ2) is 14.6. The van der Waals surface area contributed by atoms with Gasteiger partial charge in [-0.05, 0) is 74.2 Å². The Kier molecular flexibility index (Phi) is 12.4. The Morgan fingerprint density at radius 3 is 2.68 bits per heavy atom. The van der Waals surface area contributed by atoms with Crippen LogP contribution in [0.1, 0.15) is 55.2 Å². The first-order valence-electron chi connectivity index (χ1n) is 12.8. The Bertz CT molecular complexity index is 1160. The van der Waals surface area contributed by atoms with E-state index in [1.54, 1.807) is 17.4 Å². The SMILES string of the molecule is COCC(=O)O[C@]1(CCN(C)CCCc2nc3ccccc3s2)CCc2cc(F)ccc2[C@@H]1C(C)C.Cl.Cl. The van der Waals surface area contributed by atoms with Gasteiger partial charge in [0.05, 0.1) is 15.2 Å². The van der Waals surface area contributed by atoms with E-state index in [1.807, 2.05) is 12.1 Å². The molecule has 3 aromatic rings. The summed E-state index contributed by atoms with van der Waals surface area (Å²) in [4.78, 5) is 19.7. The summed E-state index contributed by atoms with van der Waals surface area (Å²) < 4.78 is 26.5. The standard InChI is InChI=1S/C29H37FN2O3S.2ClH/c1-20(2)28-23-12-11-22(30)18-21(23)13-14-29(28,35-27(33)19-34-4)15-17-32(3)16-7-10-26-31-24-8-5-6-9-25(24)36-26;;/h5-6,8-9,11-12,18,20,28H,7,10,13-17,19H2,1-4H3;2*1H/t28-,29-;;/m0../s1. The van der Waals surface area contributed by atoms with Gasteiger partial charge in [-0.1, -0.05) is 32.0 Å². The van der Waals surface area contributed by atoms with E-state index >= 15 is 0 Å². The maximum absolute atomic E-state index is 14.0. The van der Waals surface area contributed by atoms with E-state index < -0.39 is 5.60 Å². The Labute approximate surface area is 241 Å². The topological polar surface area (TPSA) is 51.7 Å². The third-order valence-corrected chi connectivity index (χ3v) is 8.35. The van der Waals surface area contributed by atoms with Crippen molar-refractivity contribution in [2.24, 2.45) is 5.92 Å². The second-order valence-electron chi connectivity index (χ2n) is 10.3. The lowest BCUT2D eigenvalue weighted by atomic mass is 9.65. The Balaban J connectivity index is 0.00000253. The highest BCUT2D eigenvalue weighted by Crippen LogP contribution is 2.48. The lowest BCUT2D eigenvalue weighted by Gasteiger charge is -2.47. The van der Waals surface area contributed by atoms with Crippen LogP contribution in [-0.4, -0.2) is 55.3 Å². The van der Waals surface area contributed by atoms with Crippen LogP contribution in [0.4, 0.5) is 4.39 Å². The van der Waals surface area contributed by atoms with Crippen molar-refractivity contribution >= 4 is 52.3 Å². The molecule has 0 unspecified atom stereocenters. The van der Waals surface area contributed by atoms with Crippen LogP contribution in [0.3, 0.4) is 0 Å². The van der Waals surface area contributed by atoms with Crippen LogP contribution >= 0.6 is 36.2 Å². The van der Waals surface area contributed by atoms with Gasteiger partial charge in [0.2, 0.25) is 0 Å². The van der Waals surface area contributed by atoms with Crippen molar-refractivity contribution in [2.75, 3.05) is 33.9 Å². The summed E-state index contributed by atoms with van der Waals surface area (Å²) in [6.07, 6.45) is 4.06. The van der Waals surface area contributed by atoms with Crippen molar-refractivity contribution in [2.45, 2.75) is 57.5 Å². The molecule has 0 fully saturated rings. The number of halogens is 3. The van der Waals surface area contributed by atoms with Crippen molar-refractivity contribution in [3.05, 3.63) is 64.4 Å². The number of ether oxygens (including phenoxy) is 2. The maximum atomic E-state index is 14.0. The van der Waals surface area contributed by atoms with Crippen molar-refractivity contribution in [1.29, 1.82) is 0 Å². The van der Waals surface area contributed by atoms with Gasteiger partial charge in [0.25, 0.3) is 0 Å². The van der Waals surface area contributed by atoms with Crippen LogP contribution in [-0.2, 0) is 27.1 Å². The van der Waals surface area contributed by atoms with Crippen LogP contribution in [0.2, 0.25) is 0 Å². The Morgan fingerprint density at radius 2 is 1.97 bits per heavy atom. The van der Waals surface area contributed by atoms with Gasteiger partial charge in [0, 0.05) is 32.4 Å². The van der Waals surface area contributed by atoms with Gasteiger partial charge in [-0.3, -0.25) is 0 Å². The molecule has 0 amide bonds. The van der Waals surface area contributed by atoms with Gasteiger partial charge >= 0.3 is 5.97 Å². The number of aryl methyl sites for hydroxylation is 2. The van der Waals surface area contributed by atoms with Gasteiger partial charge in [-0.25, -0.2) is 14.2 Å². The largest absolute Gasteiger partial charge is 0.457 e. The fourth-order valence-corrected chi connectivity index (χ4v) is 6.69. The van der Waals surface area contributed by atoms with Gasteiger partial charge in [-0.2, -0.15) is 0 Å². The average molecular weight is 586 g/mol. The highest BCUT2D eigenvalue weighted by Gasteiger charge is 2.47. The molecule has 2 atom stereocenters. The van der Waals surface area contributed by atoms with E-state index in [4.69, 9.17) is 14.5 Å². The zero-order chi connectivity index (χ0) is 25.7. The van der Waals surface area contributed by atoms with E-state index in [-0.39, 0.29) is 55.0 Å². The number of hydrogen-bond acceptors (Lipinski definition) is 6. The van der Waals surface area contributed by atoms with Gasteiger partial charge in [0.15, 0.2) is 0 Å². The lowest BCUT2D eigenvalue weighted by Crippen LogP contribution is -2.49. The minimum Gasteiger partial charge on any atom is -0.457 e. The third kappa shape index (κ3) is 7.66. The summed E-state index contributed by atoms with van der Waals surface area (Å²) in [5, 5.41) is 1.17. The summed E-state index contributed by atoms with van der Waals surface area (Å²) in [6.45, 7) is 5.99. The molecule has 38 heavy (non-hydrogen) atoms. The molecular weight excluding hydrogens is 546 g/mol. The van der Waals surface area contributed by atoms with E-state index in [2.05, 4.69) is 44.0 Å². The van der Waals surface area contributed by atoms with Gasteiger partial charge in [0.1, 0.15) is 18.0 Å². The van der Waals surface area contributed by atoms with Gasteiger partial charge < -0.3 is 14.4 Å². The predicted molar refractivity (Wildman–Crippen MR) is 158 cm³/mol. The van der Waals surface area contributed by atoms with E-state index in [9.17, 15) is 9.18 Å². The van der Waals surface area contributed by atoms with Crippen LogP contribution < -0.4 is 0 Å². The summed E-state index contributed by atoms with van der Waals surface area (Å²) >= 11 is 1.77. The molecule has 1 aliphatic carbocycles. The number of carbonyl (C=O) groups is 1. The van der Waals surface area contributed by atoms with Gasteiger partial charge in [-0.15, -0.1) is 36.2 Å². The molecule has 4 rings (SSSR count). The van der Waals surface area contributed by atoms with Crippen LogP contribution in [0, 0.1) is 11.7 Å². The summed E-state index contributed by atoms with van der Waals surface area (Å²) in [5.74, 6) is -0.326. The maximum Gasteiger partial charge on any atom is 0.332 e. The molecule has 0 saturated carbocycles. The summed E-state index contributed by atoms with van der Waals surface area (Å²) in [6, 6.07) is 13.3. The molecular formula is C29H39Cl2FN2O3S. The number of carbonyl (C=O) groups excluding carboxylic acids is 1. The number of aromatic nitrogens is 1. The molecule has 210 valence electrons. The van der Waals surface area contributed by atoms with E-state index in [0.29, 0.717) is 12.8 Å². The first-order chi connectivity index (χ1) is 17.3. The smallest absolute Gasteiger partial charge is 0.332 e. The summed E-state index contributed by atoms with van der Waals surface area (Å²) in [5.41, 5.74) is 2.55. The van der Waals surface area contributed by atoms with Crippen LogP contribution in [0.5, 0.6) is 0 Å². The zero-order valence-electron chi connectivity index (χ0n) is 22.6. The molecule has 0 bridgehead atoms. The number of esters is 1. The number of hydrogen-bond donors (Lipinski definition) is 0. The summed E-state index contributed by atoms with van der Waals surface area (Å²) in [7, 11) is 3.63. The fourth-order valence-electron chi connectivity index (χ4n) is 5.69. The van der Waals surface area contributed by atoms with Crippen LogP contribution in [0.25, 0.3) is 10.2 Å². The van der Waals surface area contributed by atoms with Crippen molar-refractivity contribution in [1.82, 2.24) is 9.88 Å². The minimum atomic E-state index is -0.643. The third-order valence-electron chi connectivity index (χ3n) is 7.26. The number of nitrogens with zero attached hydrogens (tertiary/aromatic N) is 2. The number of methoxy groups -OCH3 is 1. The molecule has 5 nitrogen and oxygen atoms in total. The Hall–Kier alpha value is -1.77. The van der Waals surface area contributed by atoms with E-state index in [0.717, 1.165) is 49.0 Å². The lowest BCUT2D eigenvalue weighted by molar-refractivity contribution is -0.172. The minimum absolute atomic E-state index is 0. The molecule has 1 aliphatic rings. The number of para-hydroxylation sites is 1. The normalized spacial score (nSPS) is 18.7. The van der Waals surface area contributed by atoms with Crippen molar-refractivity contribution in [3.8, 4) is 0 Å². The highest BCUT2D eigenvalue weighted by atomic mass is 35.5. The quantitative estimate of drug-likeness (QED) is 0.231. The fraction of sp³-hybridized carbons (Fsp3) is 0.517. The first-order valence-corrected chi connectivity index (χ1v) is 13.6. The van der Waals surface area contributed by atoms with Crippen molar-refractivity contribution in [3.63, 3.8) is 0 Å². The molecule has 0 radical (unpaired) electrons. The predicted octanol–water partition coefficient (Wildman–Crippen LogP) is 6.85. The Morgan fingerprint density at radius 1 is 1.21 bits per heavy atom.